The lowest BCUT2D eigenvalue weighted by atomic mass is 9.92. The summed E-state index contributed by atoms with van der Waals surface area (Å²) in [6, 6.07) is 12.5. The minimum absolute atomic E-state index is 0.0135. The van der Waals surface area contributed by atoms with Crippen molar-refractivity contribution in [1.29, 1.82) is 0 Å². The summed E-state index contributed by atoms with van der Waals surface area (Å²) in [6.45, 7) is 0. The van der Waals surface area contributed by atoms with Crippen LogP contribution in [0.2, 0.25) is 0 Å². The van der Waals surface area contributed by atoms with Gasteiger partial charge in [-0.25, -0.2) is 9.37 Å². The number of rotatable bonds is 4. The van der Waals surface area contributed by atoms with Crippen molar-refractivity contribution in [2.24, 2.45) is 0 Å². The number of pyridine rings is 2. The number of ether oxygens (including phenoxy) is 1. The summed E-state index contributed by atoms with van der Waals surface area (Å²) >= 11 is 0. The van der Waals surface area contributed by atoms with Gasteiger partial charge in [0.05, 0.1) is 11.6 Å². The minimum Gasteiger partial charge on any atom is -0.490 e. The lowest BCUT2D eigenvalue weighted by Crippen LogP contribution is -2.40. The van der Waals surface area contributed by atoms with Gasteiger partial charge in [-0.15, -0.1) is 0 Å². The summed E-state index contributed by atoms with van der Waals surface area (Å²) in [6.07, 6.45) is 6.55. The third kappa shape index (κ3) is 4.05. The standard InChI is InChI=1S/C21H20FN3O2/c22-18-4-2-12-24-20(18)21(26)25-15-5-7-16(8-6-15)27-17-9-10-19-14(13-17)3-1-11-23-19/h1-4,9-13,15-16H,5-8H2,(H,25,26). The van der Waals surface area contributed by atoms with Gasteiger partial charge in [0.1, 0.15) is 5.75 Å². The van der Waals surface area contributed by atoms with Crippen molar-refractivity contribution in [3.8, 4) is 5.75 Å². The van der Waals surface area contributed by atoms with Crippen LogP contribution in [0.25, 0.3) is 10.9 Å². The van der Waals surface area contributed by atoms with Crippen LogP contribution in [0.3, 0.4) is 0 Å². The first-order valence-corrected chi connectivity index (χ1v) is 9.12. The molecule has 3 aromatic rings. The number of benzene rings is 1. The zero-order valence-electron chi connectivity index (χ0n) is 14.8. The molecule has 0 spiro atoms. The maximum Gasteiger partial charge on any atom is 0.273 e. The molecule has 1 aromatic carbocycles. The van der Waals surface area contributed by atoms with Gasteiger partial charge in [0.15, 0.2) is 11.5 Å². The average Bonchev–Trinajstić information content (AvgIpc) is 2.70. The molecule has 6 heteroatoms. The third-order valence-corrected chi connectivity index (χ3v) is 4.86. The van der Waals surface area contributed by atoms with E-state index in [1.54, 1.807) is 6.20 Å². The fourth-order valence-electron chi connectivity index (χ4n) is 3.45. The summed E-state index contributed by atoms with van der Waals surface area (Å²) in [5.74, 6) is -0.226. The molecule has 138 valence electrons. The number of nitrogens with one attached hydrogen (secondary N) is 1. The highest BCUT2D eigenvalue weighted by Crippen LogP contribution is 2.26. The first-order valence-electron chi connectivity index (χ1n) is 9.12. The lowest BCUT2D eigenvalue weighted by molar-refractivity contribution is 0.0885. The number of hydrogen-bond donors (Lipinski definition) is 1. The Morgan fingerprint density at radius 1 is 1.04 bits per heavy atom. The maximum atomic E-state index is 13.7. The number of aromatic nitrogens is 2. The highest BCUT2D eigenvalue weighted by molar-refractivity contribution is 5.92. The monoisotopic (exact) mass is 365 g/mol. The summed E-state index contributed by atoms with van der Waals surface area (Å²) in [5.41, 5.74) is 0.790. The van der Waals surface area contributed by atoms with Crippen molar-refractivity contribution < 1.29 is 13.9 Å². The summed E-state index contributed by atoms with van der Waals surface area (Å²) < 4.78 is 19.8. The van der Waals surface area contributed by atoms with E-state index < -0.39 is 11.7 Å². The number of hydrogen-bond acceptors (Lipinski definition) is 4. The Labute approximate surface area is 156 Å². The summed E-state index contributed by atoms with van der Waals surface area (Å²) in [5, 5.41) is 3.93. The van der Waals surface area contributed by atoms with Crippen LogP contribution >= 0.6 is 0 Å². The van der Waals surface area contributed by atoms with Crippen LogP contribution in [-0.4, -0.2) is 28.0 Å². The van der Waals surface area contributed by atoms with Crippen LogP contribution in [0, 0.1) is 5.82 Å². The molecule has 1 aliphatic rings. The van der Waals surface area contributed by atoms with Crippen LogP contribution in [0.15, 0.2) is 54.9 Å². The van der Waals surface area contributed by atoms with Gasteiger partial charge >= 0.3 is 0 Å². The van der Waals surface area contributed by atoms with E-state index in [4.69, 9.17) is 4.74 Å². The average molecular weight is 365 g/mol. The van der Waals surface area contributed by atoms with E-state index in [1.165, 1.54) is 18.3 Å². The Morgan fingerprint density at radius 3 is 2.63 bits per heavy atom. The number of carbonyl (C=O) groups excluding carboxylic acids is 1. The molecular weight excluding hydrogens is 345 g/mol. The van der Waals surface area contributed by atoms with E-state index >= 15 is 0 Å². The fraction of sp³-hybridized carbons (Fsp3) is 0.286. The Balaban J connectivity index is 1.32. The molecule has 0 aliphatic heterocycles. The molecule has 27 heavy (non-hydrogen) atoms. The van der Waals surface area contributed by atoms with Crippen LogP contribution in [0.4, 0.5) is 4.39 Å². The molecule has 0 atom stereocenters. The third-order valence-electron chi connectivity index (χ3n) is 4.86. The Hall–Kier alpha value is -3.02. The van der Waals surface area contributed by atoms with Gasteiger partial charge in [0, 0.05) is 23.8 Å². The molecular formula is C21H20FN3O2. The van der Waals surface area contributed by atoms with Crippen molar-refractivity contribution in [3.63, 3.8) is 0 Å². The molecule has 0 unspecified atom stereocenters. The molecule has 2 aromatic heterocycles. The van der Waals surface area contributed by atoms with E-state index in [1.807, 2.05) is 30.3 Å². The normalized spacial score (nSPS) is 19.6. The van der Waals surface area contributed by atoms with Crippen molar-refractivity contribution in [3.05, 3.63) is 66.4 Å². The van der Waals surface area contributed by atoms with Gasteiger partial charge in [-0.05, 0) is 62.1 Å². The van der Waals surface area contributed by atoms with Crippen molar-refractivity contribution in [2.45, 2.75) is 37.8 Å². The van der Waals surface area contributed by atoms with Gasteiger partial charge in [0.25, 0.3) is 5.91 Å². The van der Waals surface area contributed by atoms with E-state index in [9.17, 15) is 9.18 Å². The highest BCUT2D eigenvalue weighted by Gasteiger charge is 2.25. The maximum absolute atomic E-state index is 13.7. The Morgan fingerprint density at radius 2 is 1.81 bits per heavy atom. The van der Waals surface area contributed by atoms with Gasteiger partial charge in [-0.2, -0.15) is 0 Å². The zero-order chi connectivity index (χ0) is 18.6. The molecule has 0 radical (unpaired) electrons. The quantitative estimate of drug-likeness (QED) is 0.762. The van der Waals surface area contributed by atoms with E-state index in [2.05, 4.69) is 15.3 Å². The van der Waals surface area contributed by atoms with E-state index in [-0.39, 0.29) is 17.8 Å². The second-order valence-corrected chi connectivity index (χ2v) is 6.76. The van der Waals surface area contributed by atoms with Crippen LogP contribution in [-0.2, 0) is 0 Å². The smallest absolute Gasteiger partial charge is 0.273 e. The predicted molar refractivity (Wildman–Crippen MR) is 100 cm³/mol. The molecule has 1 N–H and O–H groups in total. The number of amides is 1. The topological polar surface area (TPSA) is 64.1 Å². The largest absolute Gasteiger partial charge is 0.490 e. The molecule has 5 nitrogen and oxygen atoms in total. The number of carbonyl (C=O) groups is 1. The molecule has 1 saturated carbocycles. The van der Waals surface area contributed by atoms with Gasteiger partial charge in [0.2, 0.25) is 0 Å². The molecule has 4 rings (SSSR count). The number of nitrogens with zero attached hydrogens (tertiary/aromatic N) is 2. The van der Waals surface area contributed by atoms with Crippen LogP contribution in [0.5, 0.6) is 5.75 Å². The van der Waals surface area contributed by atoms with Crippen LogP contribution < -0.4 is 10.1 Å². The SMILES string of the molecule is O=C(NC1CCC(Oc2ccc3ncccc3c2)CC1)c1ncccc1F. The molecule has 1 amide bonds. The minimum atomic E-state index is -0.599. The van der Waals surface area contributed by atoms with E-state index in [0.717, 1.165) is 42.3 Å². The zero-order valence-corrected chi connectivity index (χ0v) is 14.8. The molecule has 2 heterocycles. The Bertz CT molecular complexity index is 955. The van der Waals surface area contributed by atoms with E-state index in [0.29, 0.717) is 0 Å². The van der Waals surface area contributed by atoms with Gasteiger partial charge < -0.3 is 10.1 Å². The van der Waals surface area contributed by atoms with Crippen molar-refractivity contribution >= 4 is 16.8 Å². The molecule has 1 fully saturated rings. The second-order valence-electron chi connectivity index (χ2n) is 6.76. The number of fused-ring (bicyclic) bond motifs is 1. The predicted octanol–water partition coefficient (Wildman–Crippen LogP) is 3.89. The number of halogens is 1. The first kappa shape index (κ1) is 17.4. The Kier molecular flexibility index (Phi) is 4.96. The molecule has 0 saturated heterocycles. The van der Waals surface area contributed by atoms with Crippen molar-refractivity contribution in [1.82, 2.24) is 15.3 Å². The van der Waals surface area contributed by atoms with Gasteiger partial charge in [-0.3, -0.25) is 9.78 Å². The van der Waals surface area contributed by atoms with Crippen molar-refractivity contribution in [2.75, 3.05) is 0 Å². The first-order chi connectivity index (χ1) is 13.2. The molecule has 0 bridgehead atoms. The highest BCUT2D eigenvalue weighted by atomic mass is 19.1. The fourth-order valence-corrected chi connectivity index (χ4v) is 3.45. The summed E-state index contributed by atoms with van der Waals surface area (Å²) in [7, 11) is 0. The van der Waals surface area contributed by atoms with Crippen LogP contribution in [0.1, 0.15) is 36.2 Å². The van der Waals surface area contributed by atoms with Gasteiger partial charge in [-0.1, -0.05) is 6.07 Å². The molecule has 1 aliphatic carbocycles. The summed E-state index contributed by atoms with van der Waals surface area (Å²) in [4.78, 5) is 20.3. The second kappa shape index (κ2) is 7.70. The lowest BCUT2D eigenvalue weighted by Gasteiger charge is -2.29.